The summed E-state index contributed by atoms with van der Waals surface area (Å²) in [4.78, 5) is 0. The molecule has 10 heavy (non-hydrogen) atoms. The van der Waals surface area contributed by atoms with Crippen LogP contribution in [0.1, 0.15) is 46.5 Å². The Labute approximate surface area is 64.0 Å². The predicted octanol–water partition coefficient (Wildman–Crippen LogP) is 2.30. The summed E-state index contributed by atoms with van der Waals surface area (Å²) >= 11 is 0. The summed E-state index contributed by atoms with van der Waals surface area (Å²) in [6, 6.07) is 0. The standard InChI is InChI=1S/C9H19N/c1-8(2,3)4-5-9(10)6-7-9/h4-7,10H2,1-3H3. The fourth-order valence-corrected chi connectivity index (χ4v) is 1.03. The molecule has 0 unspecified atom stereocenters. The predicted molar refractivity (Wildman–Crippen MR) is 44.8 cm³/mol. The van der Waals surface area contributed by atoms with Crippen molar-refractivity contribution >= 4 is 0 Å². The van der Waals surface area contributed by atoms with E-state index in [0.717, 1.165) is 0 Å². The highest BCUT2D eigenvalue weighted by molar-refractivity contribution is 4.98. The minimum absolute atomic E-state index is 0.257. The third-order valence-electron chi connectivity index (χ3n) is 2.27. The van der Waals surface area contributed by atoms with Crippen molar-refractivity contribution in [1.82, 2.24) is 0 Å². The van der Waals surface area contributed by atoms with E-state index in [2.05, 4.69) is 20.8 Å². The quantitative estimate of drug-likeness (QED) is 0.627. The lowest BCUT2D eigenvalue weighted by atomic mass is 9.88. The second kappa shape index (κ2) is 2.23. The number of hydrogen-bond donors (Lipinski definition) is 1. The normalized spacial score (nSPS) is 22.8. The minimum atomic E-state index is 0.257. The lowest BCUT2D eigenvalue weighted by Gasteiger charge is -2.20. The van der Waals surface area contributed by atoms with Gasteiger partial charge in [0.15, 0.2) is 0 Å². The van der Waals surface area contributed by atoms with Crippen LogP contribution in [0.3, 0.4) is 0 Å². The average molecular weight is 141 g/mol. The van der Waals surface area contributed by atoms with E-state index in [9.17, 15) is 0 Å². The van der Waals surface area contributed by atoms with Gasteiger partial charge < -0.3 is 5.73 Å². The van der Waals surface area contributed by atoms with Gasteiger partial charge in [-0.15, -0.1) is 0 Å². The van der Waals surface area contributed by atoms with Crippen LogP contribution in [0.4, 0.5) is 0 Å². The van der Waals surface area contributed by atoms with Crippen LogP contribution >= 0.6 is 0 Å². The van der Waals surface area contributed by atoms with E-state index in [0.29, 0.717) is 5.41 Å². The Hall–Kier alpha value is -0.0400. The lowest BCUT2D eigenvalue weighted by Crippen LogP contribution is -2.23. The van der Waals surface area contributed by atoms with Gasteiger partial charge in [-0.2, -0.15) is 0 Å². The Bertz CT molecular complexity index is 112. The highest BCUT2D eigenvalue weighted by Gasteiger charge is 2.38. The van der Waals surface area contributed by atoms with Gasteiger partial charge in [0, 0.05) is 5.54 Å². The first-order chi connectivity index (χ1) is 4.41. The molecule has 1 heteroatoms. The van der Waals surface area contributed by atoms with E-state index >= 15 is 0 Å². The summed E-state index contributed by atoms with van der Waals surface area (Å²) in [5, 5.41) is 0. The molecular formula is C9H19N. The van der Waals surface area contributed by atoms with Crippen molar-refractivity contribution in [2.75, 3.05) is 0 Å². The van der Waals surface area contributed by atoms with Gasteiger partial charge in [-0.25, -0.2) is 0 Å². The Morgan fingerprint density at radius 2 is 1.80 bits per heavy atom. The number of hydrogen-bond acceptors (Lipinski definition) is 1. The van der Waals surface area contributed by atoms with E-state index in [-0.39, 0.29) is 5.54 Å². The van der Waals surface area contributed by atoms with Gasteiger partial charge in [0.2, 0.25) is 0 Å². The molecule has 0 radical (unpaired) electrons. The van der Waals surface area contributed by atoms with Crippen molar-refractivity contribution < 1.29 is 0 Å². The average Bonchev–Trinajstić information content (AvgIpc) is 2.43. The number of nitrogens with two attached hydrogens (primary N) is 1. The van der Waals surface area contributed by atoms with Crippen LogP contribution < -0.4 is 5.73 Å². The second-order valence-corrected chi connectivity index (χ2v) is 4.92. The van der Waals surface area contributed by atoms with Crippen LogP contribution in [0.2, 0.25) is 0 Å². The van der Waals surface area contributed by atoms with E-state index in [1.807, 2.05) is 0 Å². The lowest BCUT2D eigenvalue weighted by molar-refractivity contribution is 0.343. The Morgan fingerprint density at radius 1 is 1.30 bits per heavy atom. The molecule has 1 aliphatic rings. The molecule has 0 saturated heterocycles. The number of rotatable bonds is 2. The first-order valence-corrected chi connectivity index (χ1v) is 4.20. The molecule has 0 spiro atoms. The summed E-state index contributed by atoms with van der Waals surface area (Å²) in [5.74, 6) is 0. The molecule has 0 amide bonds. The summed E-state index contributed by atoms with van der Waals surface area (Å²) in [6.07, 6.45) is 4.99. The van der Waals surface area contributed by atoms with Gasteiger partial charge in [-0.1, -0.05) is 20.8 Å². The zero-order valence-corrected chi connectivity index (χ0v) is 7.41. The van der Waals surface area contributed by atoms with Gasteiger partial charge in [0.05, 0.1) is 0 Å². The Morgan fingerprint density at radius 3 is 2.10 bits per heavy atom. The van der Waals surface area contributed by atoms with Gasteiger partial charge in [-0.3, -0.25) is 0 Å². The van der Waals surface area contributed by atoms with Crippen LogP contribution in [0, 0.1) is 5.41 Å². The molecule has 1 fully saturated rings. The molecule has 0 aromatic rings. The van der Waals surface area contributed by atoms with Gasteiger partial charge in [0.25, 0.3) is 0 Å². The molecule has 0 heterocycles. The summed E-state index contributed by atoms with van der Waals surface area (Å²) < 4.78 is 0. The molecule has 0 bridgehead atoms. The monoisotopic (exact) mass is 141 g/mol. The van der Waals surface area contributed by atoms with E-state index < -0.39 is 0 Å². The SMILES string of the molecule is CC(C)(C)CCC1(N)CC1. The molecule has 60 valence electrons. The molecule has 1 aliphatic carbocycles. The van der Waals surface area contributed by atoms with Crippen molar-refractivity contribution in [3.63, 3.8) is 0 Å². The summed E-state index contributed by atoms with van der Waals surface area (Å²) in [6.45, 7) is 6.83. The maximum Gasteiger partial charge on any atom is 0.0155 e. The van der Waals surface area contributed by atoms with Crippen molar-refractivity contribution in [3.8, 4) is 0 Å². The Balaban J connectivity index is 2.17. The fourth-order valence-electron chi connectivity index (χ4n) is 1.03. The van der Waals surface area contributed by atoms with Crippen molar-refractivity contribution in [1.29, 1.82) is 0 Å². The van der Waals surface area contributed by atoms with E-state index in [4.69, 9.17) is 5.73 Å². The minimum Gasteiger partial charge on any atom is -0.325 e. The molecule has 1 nitrogen and oxygen atoms in total. The summed E-state index contributed by atoms with van der Waals surface area (Å²) in [5.41, 5.74) is 6.68. The fraction of sp³-hybridized carbons (Fsp3) is 1.00. The van der Waals surface area contributed by atoms with Gasteiger partial charge >= 0.3 is 0 Å². The third kappa shape index (κ3) is 2.70. The van der Waals surface area contributed by atoms with Crippen molar-refractivity contribution in [3.05, 3.63) is 0 Å². The largest absolute Gasteiger partial charge is 0.325 e. The smallest absolute Gasteiger partial charge is 0.0155 e. The molecule has 0 aliphatic heterocycles. The highest BCUT2D eigenvalue weighted by Crippen LogP contribution is 2.39. The maximum atomic E-state index is 5.95. The molecule has 1 rings (SSSR count). The van der Waals surface area contributed by atoms with Gasteiger partial charge in [0.1, 0.15) is 0 Å². The first-order valence-electron chi connectivity index (χ1n) is 4.20. The van der Waals surface area contributed by atoms with Crippen LogP contribution in [0.15, 0.2) is 0 Å². The molecule has 2 N–H and O–H groups in total. The van der Waals surface area contributed by atoms with Crippen LogP contribution in [0.5, 0.6) is 0 Å². The zero-order valence-electron chi connectivity index (χ0n) is 7.41. The summed E-state index contributed by atoms with van der Waals surface area (Å²) in [7, 11) is 0. The van der Waals surface area contributed by atoms with E-state index in [1.54, 1.807) is 0 Å². The molecule has 0 aromatic heterocycles. The van der Waals surface area contributed by atoms with Gasteiger partial charge in [-0.05, 0) is 31.1 Å². The van der Waals surface area contributed by atoms with E-state index in [1.165, 1.54) is 25.7 Å². The van der Waals surface area contributed by atoms with Crippen molar-refractivity contribution in [2.45, 2.75) is 52.0 Å². The highest BCUT2D eigenvalue weighted by atomic mass is 14.8. The van der Waals surface area contributed by atoms with Crippen LogP contribution in [-0.4, -0.2) is 5.54 Å². The van der Waals surface area contributed by atoms with Crippen LogP contribution in [-0.2, 0) is 0 Å². The molecule has 1 saturated carbocycles. The Kier molecular flexibility index (Phi) is 1.80. The molecular weight excluding hydrogens is 122 g/mol. The third-order valence-corrected chi connectivity index (χ3v) is 2.27. The molecule has 0 aromatic carbocycles. The molecule has 0 atom stereocenters. The topological polar surface area (TPSA) is 26.0 Å². The van der Waals surface area contributed by atoms with Crippen molar-refractivity contribution in [2.24, 2.45) is 11.1 Å². The maximum absolute atomic E-state index is 5.95. The first kappa shape index (κ1) is 8.06. The van der Waals surface area contributed by atoms with Crippen LogP contribution in [0.25, 0.3) is 0 Å². The second-order valence-electron chi connectivity index (χ2n) is 4.92. The zero-order chi connectivity index (χ0) is 7.83.